The molecule has 2 aromatic rings. The number of halogens is 1. The van der Waals surface area contributed by atoms with Gasteiger partial charge in [0.2, 0.25) is 0 Å². The monoisotopic (exact) mass is 389 g/mol. The first-order valence-electron chi connectivity index (χ1n) is 8.59. The van der Waals surface area contributed by atoms with Crippen LogP contribution < -0.4 is 10.2 Å². The van der Waals surface area contributed by atoms with E-state index in [1.165, 1.54) is 25.3 Å². The van der Waals surface area contributed by atoms with Crippen LogP contribution in [0.4, 0.5) is 11.4 Å². The number of hydrogen-bond acceptors (Lipinski definition) is 6. The van der Waals surface area contributed by atoms with Gasteiger partial charge < -0.3 is 19.7 Å². The van der Waals surface area contributed by atoms with E-state index in [0.29, 0.717) is 18.9 Å². The number of hydrogen-bond donors (Lipinski definition) is 1. The van der Waals surface area contributed by atoms with Crippen molar-refractivity contribution in [3.8, 4) is 0 Å². The SMILES string of the molecule is C[C@H](OC(=O)c1ccc(Cl)nc1)C(=O)Nc1ccc(N2CCOCC2)cc1. The van der Waals surface area contributed by atoms with E-state index >= 15 is 0 Å². The lowest BCUT2D eigenvalue weighted by Gasteiger charge is -2.28. The van der Waals surface area contributed by atoms with E-state index in [-0.39, 0.29) is 10.7 Å². The molecule has 1 aromatic carbocycles. The minimum atomic E-state index is -0.952. The third-order valence-corrected chi connectivity index (χ3v) is 4.35. The van der Waals surface area contributed by atoms with E-state index in [0.717, 1.165) is 18.8 Å². The Bertz CT molecular complexity index is 790. The van der Waals surface area contributed by atoms with Gasteiger partial charge in [-0.25, -0.2) is 9.78 Å². The van der Waals surface area contributed by atoms with Crippen LogP contribution >= 0.6 is 11.6 Å². The number of pyridine rings is 1. The van der Waals surface area contributed by atoms with E-state index in [1.54, 1.807) is 0 Å². The number of carbonyl (C=O) groups excluding carboxylic acids is 2. The van der Waals surface area contributed by atoms with Crippen molar-refractivity contribution in [2.45, 2.75) is 13.0 Å². The molecule has 142 valence electrons. The second-order valence-electron chi connectivity index (χ2n) is 6.05. The molecule has 1 atom stereocenters. The van der Waals surface area contributed by atoms with Gasteiger partial charge in [-0.15, -0.1) is 0 Å². The molecule has 2 heterocycles. The van der Waals surface area contributed by atoms with Crippen molar-refractivity contribution in [1.82, 2.24) is 4.98 Å². The average molecular weight is 390 g/mol. The van der Waals surface area contributed by atoms with Crippen molar-refractivity contribution in [3.63, 3.8) is 0 Å². The lowest BCUT2D eigenvalue weighted by Crippen LogP contribution is -2.36. The number of benzene rings is 1. The first-order chi connectivity index (χ1) is 13.0. The summed E-state index contributed by atoms with van der Waals surface area (Å²) in [6, 6.07) is 10.5. The van der Waals surface area contributed by atoms with Crippen LogP contribution in [0.2, 0.25) is 5.15 Å². The molecule has 1 aromatic heterocycles. The molecule has 1 N–H and O–H groups in total. The molecular weight excluding hydrogens is 370 g/mol. The minimum Gasteiger partial charge on any atom is -0.449 e. The Morgan fingerprint density at radius 3 is 2.52 bits per heavy atom. The van der Waals surface area contributed by atoms with Gasteiger partial charge in [-0.3, -0.25) is 4.79 Å². The Balaban J connectivity index is 1.54. The Kier molecular flexibility index (Phi) is 6.26. The second-order valence-corrected chi connectivity index (χ2v) is 6.44. The highest BCUT2D eigenvalue weighted by Crippen LogP contribution is 2.19. The van der Waals surface area contributed by atoms with Gasteiger partial charge in [-0.05, 0) is 43.3 Å². The van der Waals surface area contributed by atoms with Crippen molar-refractivity contribution < 1.29 is 19.1 Å². The van der Waals surface area contributed by atoms with E-state index in [4.69, 9.17) is 21.1 Å². The largest absolute Gasteiger partial charge is 0.449 e. The quantitative estimate of drug-likeness (QED) is 0.625. The highest BCUT2D eigenvalue weighted by Gasteiger charge is 2.19. The van der Waals surface area contributed by atoms with Gasteiger partial charge in [0.1, 0.15) is 5.15 Å². The maximum absolute atomic E-state index is 12.3. The molecule has 0 unspecified atom stereocenters. The van der Waals surface area contributed by atoms with Crippen molar-refractivity contribution in [2.24, 2.45) is 0 Å². The maximum atomic E-state index is 12.3. The van der Waals surface area contributed by atoms with Crippen LogP contribution in [-0.2, 0) is 14.3 Å². The summed E-state index contributed by atoms with van der Waals surface area (Å²) in [5.41, 5.74) is 1.94. The lowest BCUT2D eigenvalue weighted by molar-refractivity contribution is -0.123. The van der Waals surface area contributed by atoms with E-state index in [1.807, 2.05) is 24.3 Å². The summed E-state index contributed by atoms with van der Waals surface area (Å²) in [6.45, 7) is 4.63. The highest BCUT2D eigenvalue weighted by atomic mass is 35.5. The molecule has 1 aliphatic heterocycles. The molecule has 0 spiro atoms. The zero-order valence-electron chi connectivity index (χ0n) is 14.9. The molecule has 0 radical (unpaired) electrons. The Morgan fingerprint density at radius 1 is 1.19 bits per heavy atom. The molecule has 0 bridgehead atoms. The molecule has 1 fully saturated rings. The zero-order chi connectivity index (χ0) is 19.2. The fourth-order valence-corrected chi connectivity index (χ4v) is 2.71. The average Bonchev–Trinajstić information content (AvgIpc) is 2.69. The predicted molar refractivity (Wildman–Crippen MR) is 102 cm³/mol. The molecule has 7 nitrogen and oxygen atoms in total. The molecule has 1 saturated heterocycles. The van der Waals surface area contributed by atoms with Gasteiger partial charge >= 0.3 is 5.97 Å². The van der Waals surface area contributed by atoms with E-state index in [2.05, 4.69) is 15.2 Å². The number of rotatable bonds is 5. The zero-order valence-corrected chi connectivity index (χ0v) is 15.6. The second kappa shape index (κ2) is 8.83. The molecule has 1 amide bonds. The van der Waals surface area contributed by atoms with Crippen molar-refractivity contribution in [2.75, 3.05) is 36.5 Å². The molecule has 27 heavy (non-hydrogen) atoms. The number of nitrogens with one attached hydrogen (secondary N) is 1. The van der Waals surface area contributed by atoms with E-state index < -0.39 is 18.0 Å². The van der Waals surface area contributed by atoms with Crippen molar-refractivity contribution in [3.05, 3.63) is 53.3 Å². The minimum absolute atomic E-state index is 0.230. The number of esters is 1. The van der Waals surface area contributed by atoms with Gasteiger partial charge in [0.15, 0.2) is 6.10 Å². The van der Waals surface area contributed by atoms with Crippen LogP contribution in [0.1, 0.15) is 17.3 Å². The summed E-state index contributed by atoms with van der Waals surface area (Å²) in [6.07, 6.45) is 0.353. The molecule has 0 saturated carbocycles. The molecule has 3 rings (SSSR count). The predicted octanol–water partition coefficient (Wildman–Crippen LogP) is 2.76. The highest BCUT2D eigenvalue weighted by molar-refractivity contribution is 6.29. The maximum Gasteiger partial charge on any atom is 0.340 e. The topological polar surface area (TPSA) is 80.8 Å². The number of morpholine rings is 1. The van der Waals surface area contributed by atoms with Crippen molar-refractivity contribution in [1.29, 1.82) is 0 Å². The molecule has 1 aliphatic rings. The summed E-state index contributed by atoms with van der Waals surface area (Å²) in [4.78, 5) is 30.4. The molecule has 8 heteroatoms. The summed E-state index contributed by atoms with van der Waals surface area (Å²) in [5, 5.41) is 3.02. The van der Waals surface area contributed by atoms with Crippen LogP contribution in [0.3, 0.4) is 0 Å². The van der Waals surface area contributed by atoms with Crippen LogP contribution in [0, 0.1) is 0 Å². The standard InChI is InChI=1S/C19H20ClN3O4/c1-13(27-19(25)14-2-7-17(20)21-12-14)18(24)22-15-3-5-16(6-4-15)23-8-10-26-11-9-23/h2-7,12-13H,8-11H2,1H3,(H,22,24)/t13-/m0/s1. The molecular formula is C19H20ClN3O4. The fourth-order valence-electron chi connectivity index (χ4n) is 2.60. The third kappa shape index (κ3) is 5.18. The summed E-state index contributed by atoms with van der Waals surface area (Å²) >= 11 is 5.69. The fraction of sp³-hybridized carbons (Fsp3) is 0.316. The van der Waals surface area contributed by atoms with Crippen LogP contribution in [0.5, 0.6) is 0 Å². The third-order valence-electron chi connectivity index (χ3n) is 4.13. The van der Waals surface area contributed by atoms with Gasteiger partial charge in [0.25, 0.3) is 5.91 Å². The first kappa shape index (κ1) is 19.1. The number of amides is 1. The first-order valence-corrected chi connectivity index (χ1v) is 8.97. The van der Waals surface area contributed by atoms with Gasteiger partial charge in [-0.1, -0.05) is 11.6 Å². The van der Waals surface area contributed by atoms with Crippen LogP contribution in [0.15, 0.2) is 42.6 Å². The van der Waals surface area contributed by atoms with Crippen molar-refractivity contribution >= 4 is 34.9 Å². The summed E-state index contributed by atoms with van der Waals surface area (Å²) in [7, 11) is 0. The Hall–Kier alpha value is -2.64. The van der Waals surface area contributed by atoms with Gasteiger partial charge in [0.05, 0.1) is 18.8 Å². The lowest BCUT2D eigenvalue weighted by atomic mass is 10.2. The van der Waals surface area contributed by atoms with Gasteiger partial charge in [0, 0.05) is 30.7 Å². The number of nitrogens with zero attached hydrogens (tertiary/aromatic N) is 2. The van der Waals surface area contributed by atoms with Gasteiger partial charge in [-0.2, -0.15) is 0 Å². The summed E-state index contributed by atoms with van der Waals surface area (Å²) in [5.74, 6) is -1.05. The van der Waals surface area contributed by atoms with Crippen LogP contribution in [-0.4, -0.2) is 49.3 Å². The number of ether oxygens (including phenoxy) is 2. The number of aromatic nitrogens is 1. The summed E-state index contributed by atoms with van der Waals surface area (Å²) < 4.78 is 10.5. The van der Waals surface area contributed by atoms with E-state index in [9.17, 15) is 9.59 Å². The number of carbonyl (C=O) groups is 2. The smallest absolute Gasteiger partial charge is 0.340 e. The number of anilines is 2. The Morgan fingerprint density at radius 2 is 1.89 bits per heavy atom. The Labute approximate surface area is 162 Å². The van der Waals surface area contributed by atoms with Crippen LogP contribution in [0.25, 0.3) is 0 Å². The normalized spacial score (nSPS) is 15.1. The molecule has 0 aliphatic carbocycles.